The monoisotopic (exact) mass is 524 g/mol. The zero-order chi connectivity index (χ0) is 25.9. The van der Waals surface area contributed by atoms with Gasteiger partial charge in [0.05, 0.1) is 5.25 Å². The Kier molecular flexibility index (Phi) is 7.91. The molecule has 2 saturated carbocycles. The van der Waals surface area contributed by atoms with E-state index in [0.29, 0.717) is 32.1 Å². The van der Waals surface area contributed by atoms with Crippen molar-refractivity contribution in [2.24, 2.45) is 11.7 Å². The standard InChI is InChI=1S/C24H36N4O7S/c25-23(32)35-19-12-5-3-1-2-4-9-16-15-18(16)26-21(30)24(13-8-14-28(24)20(19)29)22(31)27-36(33,34)17-10-6-7-11-17/h4,9,16-19H,1-3,5-8,10-15H2,(H2,25,32)(H,26,30)(H,27,31). The van der Waals surface area contributed by atoms with Crippen molar-refractivity contribution < 1.29 is 32.3 Å². The predicted molar refractivity (Wildman–Crippen MR) is 130 cm³/mol. The molecule has 0 aromatic carbocycles. The van der Waals surface area contributed by atoms with E-state index in [1.54, 1.807) is 0 Å². The first kappa shape index (κ1) is 26.4. The zero-order valence-corrected chi connectivity index (χ0v) is 21.3. The molecule has 0 spiro atoms. The highest BCUT2D eigenvalue weighted by atomic mass is 32.2. The summed E-state index contributed by atoms with van der Waals surface area (Å²) < 4.78 is 33.2. The van der Waals surface area contributed by atoms with Crippen LogP contribution in [0.25, 0.3) is 0 Å². The van der Waals surface area contributed by atoms with E-state index in [1.807, 2.05) is 0 Å². The Balaban J connectivity index is 1.67. The van der Waals surface area contributed by atoms with E-state index < -0.39 is 50.7 Å². The molecule has 4 rings (SSSR count). The summed E-state index contributed by atoms with van der Waals surface area (Å²) in [5, 5.41) is 2.17. The van der Waals surface area contributed by atoms with Gasteiger partial charge in [0.2, 0.25) is 15.6 Å². The number of amides is 4. The van der Waals surface area contributed by atoms with E-state index in [0.717, 1.165) is 37.0 Å². The number of ether oxygens (including phenoxy) is 1. The highest BCUT2D eigenvalue weighted by Crippen LogP contribution is 2.37. The molecule has 4 aliphatic rings. The average Bonchev–Trinajstić information content (AvgIpc) is 3.22. The van der Waals surface area contributed by atoms with E-state index in [4.69, 9.17) is 10.5 Å². The lowest BCUT2D eigenvalue weighted by molar-refractivity contribution is -0.157. The number of carbonyl (C=O) groups excluding carboxylic acids is 4. The third kappa shape index (κ3) is 5.52. The molecular weight excluding hydrogens is 488 g/mol. The fraction of sp³-hybridized carbons (Fsp3) is 0.750. The summed E-state index contributed by atoms with van der Waals surface area (Å²) in [4.78, 5) is 53.7. The van der Waals surface area contributed by atoms with Gasteiger partial charge < -0.3 is 20.7 Å². The first-order valence-corrected chi connectivity index (χ1v) is 14.5. The van der Waals surface area contributed by atoms with Crippen molar-refractivity contribution in [1.29, 1.82) is 0 Å². The molecule has 4 N–H and O–H groups in total. The summed E-state index contributed by atoms with van der Waals surface area (Å²) in [6, 6.07) is -0.190. The van der Waals surface area contributed by atoms with Crippen molar-refractivity contribution in [3.05, 3.63) is 12.2 Å². The van der Waals surface area contributed by atoms with Crippen molar-refractivity contribution in [3.63, 3.8) is 0 Å². The predicted octanol–water partition coefficient (Wildman–Crippen LogP) is 1.23. The number of primary amides is 1. The van der Waals surface area contributed by atoms with Crippen LogP contribution in [0.4, 0.5) is 4.79 Å². The van der Waals surface area contributed by atoms with Crippen molar-refractivity contribution in [3.8, 4) is 0 Å². The number of nitrogens with one attached hydrogen (secondary N) is 2. The number of fused-ring (bicyclic) bond motifs is 2. The van der Waals surface area contributed by atoms with Crippen LogP contribution in [0.5, 0.6) is 0 Å². The van der Waals surface area contributed by atoms with Gasteiger partial charge in [0.15, 0.2) is 6.10 Å². The SMILES string of the molecule is NC(=O)OC1CCCCCC=CC2CC2NC(=O)C2(C(=O)NS(=O)(=O)C3CCCC3)CCCN2C1=O. The van der Waals surface area contributed by atoms with Crippen molar-refractivity contribution in [2.45, 2.75) is 100.0 Å². The number of nitrogens with zero attached hydrogens (tertiary/aromatic N) is 1. The Labute approximate surface area is 211 Å². The van der Waals surface area contributed by atoms with Gasteiger partial charge in [-0.1, -0.05) is 31.4 Å². The molecule has 4 amide bonds. The molecule has 2 aliphatic carbocycles. The largest absolute Gasteiger partial charge is 0.436 e. The van der Waals surface area contributed by atoms with E-state index >= 15 is 0 Å². The number of hydrogen-bond acceptors (Lipinski definition) is 7. The van der Waals surface area contributed by atoms with Crippen LogP contribution >= 0.6 is 0 Å². The quantitative estimate of drug-likeness (QED) is 0.367. The Morgan fingerprint density at radius 1 is 1.08 bits per heavy atom. The van der Waals surface area contributed by atoms with Gasteiger partial charge in [-0.15, -0.1) is 0 Å². The minimum absolute atomic E-state index is 0.0346. The van der Waals surface area contributed by atoms with Crippen LogP contribution in [-0.2, 0) is 29.1 Å². The van der Waals surface area contributed by atoms with Gasteiger partial charge in [0, 0.05) is 12.6 Å². The zero-order valence-electron chi connectivity index (χ0n) is 20.4. The molecule has 4 atom stereocenters. The summed E-state index contributed by atoms with van der Waals surface area (Å²) >= 11 is 0. The summed E-state index contributed by atoms with van der Waals surface area (Å²) in [6.07, 6.45) is 8.41. The molecule has 11 nitrogen and oxygen atoms in total. The van der Waals surface area contributed by atoms with Gasteiger partial charge >= 0.3 is 6.09 Å². The molecule has 3 fully saturated rings. The van der Waals surface area contributed by atoms with Gasteiger partial charge in [0.25, 0.3) is 17.7 Å². The smallest absolute Gasteiger partial charge is 0.405 e. The molecule has 200 valence electrons. The molecule has 1 saturated heterocycles. The van der Waals surface area contributed by atoms with E-state index in [9.17, 15) is 27.6 Å². The number of sulfonamides is 1. The van der Waals surface area contributed by atoms with E-state index in [2.05, 4.69) is 22.2 Å². The summed E-state index contributed by atoms with van der Waals surface area (Å²) in [5.41, 5.74) is 3.17. The van der Waals surface area contributed by atoms with Gasteiger partial charge in [0.1, 0.15) is 0 Å². The van der Waals surface area contributed by atoms with Crippen LogP contribution in [0.15, 0.2) is 12.2 Å². The molecule has 0 aromatic rings. The average molecular weight is 525 g/mol. The molecule has 2 aliphatic heterocycles. The first-order valence-electron chi connectivity index (χ1n) is 13.0. The molecule has 0 radical (unpaired) electrons. The molecule has 0 bridgehead atoms. The lowest BCUT2D eigenvalue weighted by Crippen LogP contribution is -2.67. The van der Waals surface area contributed by atoms with Crippen molar-refractivity contribution >= 4 is 33.8 Å². The summed E-state index contributed by atoms with van der Waals surface area (Å²) in [6.45, 7) is 0.0514. The number of rotatable bonds is 4. The molecule has 12 heteroatoms. The second-order valence-corrected chi connectivity index (χ2v) is 12.3. The maximum Gasteiger partial charge on any atom is 0.405 e. The lowest BCUT2D eigenvalue weighted by Gasteiger charge is -2.37. The number of allylic oxidation sites excluding steroid dienone is 1. The fourth-order valence-electron chi connectivity index (χ4n) is 5.66. The van der Waals surface area contributed by atoms with E-state index in [1.165, 1.54) is 0 Å². The van der Waals surface area contributed by atoms with Gasteiger partial charge in [-0.3, -0.25) is 19.1 Å². The summed E-state index contributed by atoms with van der Waals surface area (Å²) in [5.74, 6) is -2.32. The minimum atomic E-state index is -4.03. The van der Waals surface area contributed by atoms with Crippen LogP contribution < -0.4 is 15.8 Å². The van der Waals surface area contributed by atoms with Crippen LogP contribution in [0.1, 0.15) is 77.0 Å². The molecule has 2 heterocycles. The maximum atomic E-state index is 13.7. The lowest BCUT2D eigenvalue weighted by atomic mass is 9.92. The van der Waals surface area contributed by atoms with Crippen LogP contribution in [0.3, 0.4) is 0 Å². The third-order valence-corrected chi connectivity index (χ3v) is 9.60. The Bertz CT molecular complexity index is 1020. The second-order valence-electron chi connectivity index (χ2n) is 10.3. The van der Waals surface area contributed by atoms with Crippen LogP contribution in [-0.4, -0.2) is 66.6 Å². The highest BCUT2D eigenvalue weighted by molar-refractivity contribution is 7.90. The van der Waals surface area contributed by atoms with E-state index in [-0.39, 0.29) is 31.3 Å². The fourth-order valence-corrected chi connectivity index (χ4v) is 7.20. The van der Waals surface area contributed by atoms with Crippen molar-refractivity contribution in [2.75, 3.05) is 6.54 Å². The second kappa shape index (κ2) is 10.8. The number of nitrogens with two attached hydrogens (primary N) is 1. The summed E-state index contributed by atoms with van der Waals surface area (Å²) in [7, 11) is -4.03. The highest BCUT2D eigenvalue weighted by Gasteiger charge is 2.59. The van der Waals surface area contributed by atoms with Gasteiger partial charge in [-0.05, 0) is 63.7 Å². The molecule has 36 heavy (non-hydrogen) atoms. The normalized spacial score (nSPS) is 32.0. The van der Waals surface area contributed by atoms with Crippen LogP contribution in [0, 0.1) is 5.92 Å². The van der Waals surface area contributed by atoms with Gasteiger partial charge in [-0.25, -0.2) is 13.2 Å². The topological polar surface area (TPSA) is 165 Å². The first-order chi connectivity index (χ1) is 17.1. The Morgan fingerprint density at radius 3 is 2.53 bits per heavy atom. The van der Waals surface area contributed by atoms with Gasteiger partial charge in [-0.2, -0.15) is 0 Å². The molecule has 0 aromatic heterocycles. The minimum Gasteiger partial charge on any atom is -0.436 e. The Hall–Kier alpha value is -2.63. The molecule has 4 unspecified atom stereocenters. The molecular formula is C24H36N4O7S. The van der Waals surface area contributed by atoms with Crippen molar-refractivity contribution in [1.82, 2.24) is 14.9 Å². The Morgan fingerprint density at radius 2 is 1.81 bits per heavy atom. The third-order valence-electron chi connectivity index (χ3n) is 7.78. The maximum absolute atomic E-state index is 13.7. The number of carbonyl (C=O) groups is 4. The van der Waals surface area contributed by atoms with Crippen LogP contribution in [0.2, 0.25) is 0 Å². The number of hydrogen-bond donors (Lipinski definition) is 3.